The average molecular weight is 278 g/mol. The fourth-order valence-corrected chi connectivity index (χ4v) is 3.78. The van der Waals surface area contributed by atoms with E-state index >= 15 is 0 Å². The Balaban J connectivity index is 2.26. The third kappa shape index (κ3) is 1.44. The minimum atomic E-state index is -0.976. The maximum Gasteiger partial charge on any atom is 0.307 e. The van der Waals surface area contributed by atoms with Gasteiger partial charge in [-0.3, -0.25) is 4.79 Å². The number of fused-ring (bicyclic) bond motifs is 2. The molecule has 3 unspecified atom stereocenters. The summed E-state index contributed by atoms with van der Waals surface area (Å²) in [6, 6.07) is 0. The van der Waals surface area contributed by atoms with Gasteiger partial charge in [-0.15, -0.1) is 0 Å². The molecule has 0 aliphatic heterocycles. The van der Waals surface area contributed by atoms with Crippen molar-refractivity contribution in [3.05, 3.63) is 28.7 Å². The number of aliphatic hydroxyl groups excluding tert-OH is 2. The molecule has 5 heteroatoms. The van der Waals surface area contributed by atoms with E-state index in [-0.39, 0.29) is 11.5 Å². The van der Waals surface area contributed by atoms with Gasteiger partial charge in [0, 0.05) is 11.0 Å². The number of carbonyl (C=O) groups is 1. The fourth-order valence-electron chi connectivity index (χ4n) is 3.78. The van der Waals surface area contributed by atoms with Gasteiger partial charge in [0.05, 0.1) is 18.3 Å². The van der Waals surface area contributed by atoms with E-state index < -0.39 is 23.4 Å². The van der Waals surface area contributed by atoms with Crippen molar-refractivity contribution in [2.24, 2.45) is 11.3 Å². The summed E-state index contributed by atoms with van der Waals surface area (Å²) in [6.07, 6.45) is 2.30. The van der Waals surface area contributed by atoms with Crippen LogP contribution in [0.25, 0.3) is 5.76 Å². The largest absolute Gasteiger partial charge is 0.504 e. The molecular formula is C15H18O5. The van der Waals surface area contributed by atoms with E-state index in [0.29, 0.717) is 30.4 Å². The summed E-state index contributed by atoms with van der Waals surface area (Å²) in [6.45, 7) is 3.52. The molecule has 0 bridgehead atoms. The molecule has 5 nitrogen and oxygen atoms in total. The zero-order valence-corrected chi connectivity index (χ0v) is 11.5. The van der Waals surface area contributed by atoms with Crippen molar-refractivity contribution < 1.29 is 24.5 Å². The Morgan fingerprint density at radius 3 is 2.85 bits per heavy atom. The monoisotopic (exact) mass is 278 g/mol. The van der Waals surface area contributed by atoms with Crippen LogP contribution >= 0.6 is 0 Å². The van der Waals surface area contributed by atoms with Gasteiger partial charge in [-0.25, -0.2) is 0 Å². The van der Waals surface area contributed by atoms with Gasteiger partial charge in [-0.1, -0.05) is 6.92 Å². The Kier molecular flexibility index (Phi) is 2.73. The summed E-state index contributed by atoms with van der Waals surface area (Å²) in [5.74, 6) is -1.34. The number of aliphatic carboxylic acids is 1. The molecule has 1 heterocycles. The van der Waals surface area contributed by atoms with Crippen LogP contribution in [0, 0.1) is 18.3 Å². The third-order valence-electron chi connectivity index (χ3n) is 4.96. The third-order valence-corrected chi connectivity index (χ3v) is 4.96. The van der Waals surface area contributed by atoms with E-state index in [1.807, 2.05) is 0 Å². The highest BCUT2D eigenvalue weighted by molar-refractivity contribution is 5.76. The summed E-state index contributed by atoms with van der Waals surface area (Å²) in [7, 11) is 0. The van der Waals surface area contributed by atoms with Crippen molar-refractivity contribution in [1.29, 1.82) is 0 Å². The molecule has 1 aromatic heterocycles. The van der Waals surface area contributed by atoms with Crippen molar-refractivity contribution in [2.75, 3.05) is 0 Å². The number of carboxylic acid groups (broad SMARTS) is 1. The van der Waals surface area contributed by atoms with Gasteiger partial charge in [0.15, 0.2) is 11.5 Å². The standard InChI is InChI=1S/C15H18O5/c1-7-6-20-12-10(7)13(17)15(2)8(11(12)16)4-3-5-9(15)14(18)19/h6,9,13,16-17H,3-5H2,1-2H3,(H,18,19). The van der Waals surface area contributed by atoms with Gasteiger partial charge >= 0.3 is 5.97 Å². The Labute approximate surface area is 116 Å². The maximum atomic E-state index is 11.6. The van der Waals surface area contributed by atoms with Crippen LogP contribution in [0.3, 0.4) is 0 Å². The first kappa shape index (κ1) is 13.2. The van der Waals surface area contributed by atoms with Gasteiger partial charge in [-0.05, 0) is 37.3 Å². The topological polar surface area (TPSA) is 90.9 Å². The molecule has 1 aromatic rings. The smallest absolute Gasteiger partial charge is 0.307 e. The molecule has 1 saturated carbocycles. The van der Waals surface area contributed by atoms with Crippen molar-refractivity contribution in [1.82, 2.24) is 0 Å². The lowest BCUT2D eigenvalue weighted by Crippen LogP contribution is -2.45. The van der Waals surface area contributed by atoms with Crippen LogP contribution in [-0.4, -0.2) is 21.3 Å². The molecule has 1 fully saturated rings. The normalized spacial score (nSPS) is 32.8. The van der Waals surface area contributed by atoms with Gasteiger partial charge in [0.1, 0.15) is 0 Å². The minimum absolute atomic E-state index is 0.00634. The molecular weight excluding hydrogens is 260 g/mol. The molecule has 0 amide bonds. The van der Waals surface area contributed by atoms with E-state index in [1.165, 1.54) is 6.26 Å². The minimum Gasteiger partial charge on any atom is -0.504 e. The predicted octanol–water partition coefficient (Wildman–Crippen LogP) is 2.80. The summed E-state index contributed by atoms with van der Waals surface area (Å²) in [4.78, 5) is 11.6. The van der Waals surface area contributed by atoms with Crippen LogP contribution in [0.15, 0.2) is 16.3 Å². The molecule has 2 aliphatic carbocycles. The highest BCUT2D eigenvalue weighted by Crippen LogP contribution is 2.58. The first-order valence-electron chi connectivity index (χ1n) is 6.80. The van der Waals surface area contributed by atoms with Crippen LogP contribution < -0.4 is 0 Å². The highest BCUT2D eigenvalue weighted by Gasteiger charge is 2.55. The molecule has 3 atom stereocenters. The second-order valence-corrected chi connectivity index (χ2v) is 5.96. The lowest BCUT2D eigenvalue weighted by molar-refractivity contribution is -0.150. The second kappa shape index (κ2) is 4.12. The van der Waals surface area contributed by atoms with E-state index in [0.717, 1.165) is 5.56 Å². The van der Waals surface area contributed by atoms with Crippen LogP contribution in [0.5, 0.6) is 0 Å². The quantitative estimate of drug-likeness (QED) is 0.734. The summed E-state index contributed by atoms with van der Waals surface area (Å²) in [5, 5.41) is 30.7. The number of hydrogen-bond donors (Lipinski definition) is 3. The number of aryl methyl sites for hydroxylation is 1. The molecule has 0 radical (unpaired) electrons. The lowest BCUT2D eigenvalue weighted by Gasteiger charge is -2.47. The van der Waals surface area contributed by atoms with Crippen LogP contribution in [0.2, 0.25) is 0 Å². The molecule has 3 rings (SSSR count). The number of aliphatic hydroxyl groups is 2. The molecule has 20 heavy (non-hydrogen) atoms. The number of furan rings is 1. The Bertz CT molecular complexity index is 612. The summed E-state index contributed by atoms with van der Waals surface area (Å²) < 4.78 is 5.34. The first-order valence-corrected chi connectivity index (χ1v) is 6.80. The Morgan fingerprint density at radius 1 is 1.50 bits per heavy atom. The zero-order chi connectivity index (χ0) is 14.7. The molecule has 0 saturated heterocycles. The van der Waals surface area contributed by atoms with Crippen molar-refractivity contribution in [2.45, 2.75) is 39.2 Å². The molecule has 2 aliphatic rings. The number of carboxylic acids is 1. The van der Waals surface area contributed by atoms with Crippen LogP contribution in [0.1, 0.15) is 49.2 Å². The molecule has 108 valence electrons. The van der Waals surface area contributed by atoms with E-state index in [9.17, 15) is 20.1 Å². The zero-order valence-electron chi connectivity index (χ0n) is 11.5. The van der Waals surface area contributed by atoms with Crippen molar-refractivity contribution in [3.63, 3.8) is 0 Å². The number of hydrogen-bond acceptors (Lipinski definition) is 4. The van der Waals surface area contributed by atoms with Crippen LogP contribution in [0.4, 0.5) is 0 Å². The van der Waals surface area contributed by atoms with Gasteiger partial charge in [0.2, 0.25) is 0 Å². The first-order chi connectivity index (χ1) is 9.39. The molecule has 3 N–H and O–H groups in total. The van der Waals surface area contributed by atoms with Gasteiger partial charge < -0.3 is 19.7 Å². The molecule has 0 aromatic carbocycles. The Hall–Kier alpha value is -1.75. The van der Waals surface area contributed by atoms with Crippen LogP contribution in [-0.2, 0) is 4.79 Å². The van der Waals surface area contributed by atoms with Crippen molar-refractivity contribution in [3.8, 4) is 0 Å². The van der Waals surface area contributed by atoms with E-state index in [4.69, 9.17) is 4.42 Å². The van der Waals surface area contributed by atoms with Crippen molar-refractivity contribution >= 4 is 11.7 Å². The average Bonchev–Trinajstić information content (AvgIpc) is 2.78. The highest BCUT2D eigenvalue weighted by atomic mass is 16.4. The molecule has 0 spiro atoms. The van der Waals surface area contributed by atoms with Gasteiger partial charge in [-0.2, -0.15) is 0 Å². The van der Waals surface area contributed by atoms with E-state index in [1.54, 1.807) is 13.8 Å². The predicted molar refractivity (Wildman–Crippen MR) is 71.0 cm³/mol. The summed E-state index contributed by atoms with van der Waals surface area (Å²) >= 11 is 0. The second-order valence-electron chi connectivity index (χ2n) is 5.96. The fraction of sp³-hybridized carbons (Fsp3) is 0.533. The maximum absolute atomic E-state index is 11.6. The SMILES string of the molecule is Cc1coc2c1C(O)C1(C)C(=C2O)CCCC1C(=O)O. The summed E-state index contributed by atoms with van der Waals surface area (Å²) in [5.41, 5.74) is 0.872. The van der Waals surface area contributed by atoms with Gasteiger partial charge in [0.25, 0.3) is 0 Å². The number of rotatable bonds is 1. The lowest BCUT2D eigenvalue weighted by atomic mass is 9.57. The Morgan fingerprint density at radius 2 is 2.20 bits per heavy atom. The van der Waals surface area contributed by atoms with E-state index in [2.05, 4.69) is 0 Å².